The normalized spacial score (nSPS) is 14.2. The molecule has 0 atom stereocenters. The molecule has 3 heterocycles. The summed E-state index contributed by atoms with van der Waals surface area (Å²) in [7, 11) is 2.14. The van der Waals surface area contributed by atoms with Crippen LogP contribution in [0, 0.1) is 11.3 Å². The highest BCUT2D eigenvalue weighted by atomic mass is 35.5. The molecule has 1 aliphatic heterocycles. The van der Waals surface area contributed by atoms with E-state index in [0.717, 1.165) is 72.6 Å². The number of nitrogens with zero attached hydrogens (tertiary/aromatic N) is 4. The zero-order valence-corrected chi connectivity index (χ0v) is 27.1. The van der Waals surface area contributed by atoms with Crippen molar-refractivity contribution in [2.24, 2.45) is 7.05 Å². The Balaban J connectivity index is 1.01. The van der Waals surface area contributed by atoms with E-state index in [1.54, 1.807) is 0 Å². The lowest BCUT2D eigenvalue weighted by Gasteiger charge is -2.31. The third-order valence-corrected chi connectivity index (χ3v) is 10.3. The summed E-state index contributed by atoms with van der Waals surface area (Å²) in [6.07, 6.45) is 7.98. The lowest BCUT2D eigenvalue weighted by Crippen LogP contribution is -2.33. The lowest BCUT2D eigenvalue weighted by atomic mass is 9.97. The van der Waals surface area contributed by atoms with Crippen LogP contribution in [-0.4, -0.2) is 34.1 Å². The molecule has 7 heteroatoms. The maximum Gasteiger partial charge on any atom is 0.127 e. The largest absolute Gasteiger partial charge is 0.457 e. The number of aromatic nitrogens is 2. The van der Waals surface area contributed by atoms with Gasteiger partial charge in [-0.05, 0) is 131 Å². The second-order valence-corrected chi connectivity index (χ2v) is 13.4. The SMILES string of the molecule is CCCc1sc(C2CCN(CCCCc3cc4cc(C#N)ccc4n3C)CC2)nc1-c1ccc(Oc2ccc(Cl)cc2)cc1. The van der Waals surface area contributed by atoms with Gasteiger partial charge in [0, 0.05) is 45.0 Å². The summed E-state index contributed by atoms with van der Waals surface area (Å²) in [5, 5.41) is 12.4. The van der Waals surface area contributed by atoms with Crippen molar-refractivity contribution in [3.05, 3.63) is 99.0 Å². The Morgan fingerprint density at radius 2 is 1.68 bits per heavy atom. The van der Waals surface area contributed by atoms with Crippen LogP contribution in [0.5, 0.6) is 11.5 Å². The molecule has 0 unspecified atom stereocenters. The summed E-state index contributed by atoms with van der Waals surface area (Å²) >= 11 is 7.93. The van der Waals surface area contributed by atoms with E-state index in [0.29, 0.717) is 10.9 Å². The van der Waals surface area contributed by atoms with Crippen LogP contribution in [0.1, 0.15) is 66.1 Å². The molecule has 6 rings (SSSR count). The number of nitriles is 1. The van der Waals surface area contributed by atoms with Crippen LogP contribution in [0.3, 0.4) is 0 Å². The zero-order valence-electron chi connectivity index (χ0n) is 25.6. The molecule has 0 spiro atoms. The van der Waals surface area contributed by atoms with E-state index in [9.17, 15) is 5.26 Å². The van der Waals surface area contributed by atoms with E-state index in [1.165, 1.54) is 46.8 Å². The fourth-order valence-corrected chi connectivity index (χ4v) is 7.73. The monoisotopic (exact) mass is 622 g/mol. The Morgan fingerprint density at radius 3 is 2.39 bits per heavy atom. The molecule has 3 aromatic carbocycles. The lowest BCUT2D eigenvalue weighted by molar-refractivity contribution is 0.208. The Morgan fingerprint density at radius 1 is 0.955 bits per heavy atom. The number of aryl methyl sites for hydroxylation is 3. The van der Waals surface area contributed by atoms with Gasteiger partial charge in [0.05, 0.1) is 22.3 Å². The van der Waals surface area contributed by atoms with Crippen molar-refractivity contribution < 1.29 is 4.74 Å². The van der Waals surface area contributed by atoms with E-state index in [2.05, 4.69) is 53.8 Å². The summed E-state index contributed by atoms with van der Waals surface area (Å²) < 4.78 is 8.28. The first-order chi connectivity index (χ1) is 21.5. The fraction of sp³-hybridized carbons (Fsp3) is 0.351. The zero-order chi connectivity index (χ0) is 30.5. The number of fused-ring (bicyclic) bond motifs is 1. The van der Waals surface area contributed by atoms with Crippen LogP contribution >= 0.6 is 22.9 Å². The number of hydrogen-bond donors (Lipinski definition) is 0. The molecule has 0 bridgehead atoms. The van der Waals surface area contributed by atoms with Crippen LogP contribution < -0.4 is 4.74 Å². The van der Waals surface area contributed by atoms with Crippen LogP contribution in [0.2, 0.25) is 5.02 Å². The molecule has 226 valence electrons. The summed E-state index contributed by atoms with van der Waals surface area (Å²) in [5.41, 5.74) is 5.58. The molecule has 1 fully saturated rings. The highest BCUT2D eigenvalue weighted by Gasteiger charge is 2.25. The van der Waals surface area contributed by atoms with Gasteiger partial charge in [0.2, 0.25) is 0 Å². The first-order valence-electron chi connectivity index (χ1n) is 15.7. The van der Waals surface area contributed by atoms with Gasteiger partial charge in [-0.2, -0.15) is 5.26 Å². The number of thiazole rings is 1. The Kier molecular flexibility index (Phi) is 9.66. The van der Waals surface area contributed by atoms with Crippen molar-refractivity contribution in [1.29, 1.82) is 5.26 Å². The fourth-order valence-electron chi connectivity index (χ4n) is 6.25. The predicted molar refractivity (Wildman–Crippen MR) is 182 cm³/mol. The first-order valence-corrected chi connectivity index (χ1v) is 16.9. The number of rotatable bonds is 11. The van der Waals surface area contributed by atoms with Crippen LogP contribution in [0.25, 0.3) is 22.2 Å². The van der Waals surface area contributed by atoms with Crippen LogP contribution in [0.4, 0.5) is 0 Å². The quantitative estimate of drug-likeness (QED) is 0.138. The average Bonchev–Trinajstić information content (AvgIpc) is 3.61. The molecule has 0 radical (unpaired) electrons. The summed E-state index contributed by atoms with van der Waals surface area (Å²) in [5.74, 6) is 2.13. The Bertz CT molecular complexity index is 1740. The second-order valence-electron chi connectivity index (χ2n) is 11.8. The molecule has 0 aliphatic carbocycles. The van der Waals surface area contributed by atoms with E-state index < -0.39 is 0 Å². The van der Waals surface area contributed by atoms with Crippen molar-refractivity contribution in [2.75, 3.05) is 19.6 Å². The molecule has 0 N–H and O–H groups in total. The van der Waals surface area contributed by atoms with E-state index in [-0.39, 0.29) is 0 Å². The topological polar surface area (TPSA) is 54.1 Å². The van der Waals surface area contributed by atoms with Crippen molar-refractivity contribution >= 4 is 33.8 Å². The summed E-state index contributed by atoms with van der Waals surface area (Å²) in [4.78, 5) is 9.28. The number of hydrogen-bond acceptors (Lipinski definition) is 5. The maximum absolute atomic E-state index is 9.22. The summed E-state index contributed by atoms with van der Waals surface area (Å²) in [6.45, 7) is 5.69. The molecule has 0 saturated carbocycles. The highest BCUT2D eigenvalue weighted by molar-refractivity contribution is 7.12. The Labute approximate surface area is 269 Å². The van der Waals surface area contributed by atoms with Crippen molar-refractivity contribution in [3.63, 3.8) is 0 Å². The number of ether oxygens (including phenoxy) is 1. The third-order valence-electron chi connectivity index (χ3n) is 8.73. The smallest absolute Gasteiger partial charge is 0.127 e. The van der Waals surface area contributed by atoms with E-state index in [4.69, 9.17) is 21.3 Å². The van der Waals surface area contributed by atoms with Gasteiger partial charge in [0.15, 0.2) is 0 Å². The second kappa shape index (κ2) is 14.0. The number of benzene rings is 3. The minimum absolute atomic E-state index is 0.544. The molecule has 44 heavy (non-hydrogen) atoms. The van der Waals surface area contributed by atoms with Gasteiger partial charge < -0.3 is 14.2 Å². The van der Waals surface area contributed by atoms with Gasteiger partial charge in [-0.3, -0.25) is 0 Å². The first kappa shape index (κ1) is 30.4. The summed E-state index contributed by atoms with van der Waals surface area (Å²) in [6, 6.07) is 26.2. The minimum Gasteiger partial charge on any atom is -0.457 e. The van der Waals surface area contributed by atoms with E-state index in [1.807, 2.05) is 59.9 Å². The Hall–Kier alpha value is -3.63. The molecule has 1 saturated heterocycles. The number of piperidine rings is 1. The standard InChI is InChI=1S/C37H39ClN4OS/c1-3-6-35-36(27-9-13-32(14-10-27)43-33-15-11-30(38)12-16-33)40-37(44-35)28-18-21-42(22-19-28)20-5-4-7-31-24-29-23-26(25-39)8-17-34(29)41(31)2/h8-17,23-24,28H,3-7,18-22H2,1-2H3. The molecular formula is C37H39ClN4OS. The number of unbranched alkanes of at least 4 members (excludes halogenated alkanes) is 1. The van der Waals surface area contributed by atoms with Gasteiger partial charge in [-0.25, -0.2) is 4.98 Å². The molecule has 2 aromatic heterocycles. The minimum atomic E-state index is 0.544. The molecular weight excluding hydrogens is 584 g/mol. The van der Waals surface area contributed by atoms with Crippen molar-refractivity contribution in [2.45, 2.75) is 57.8 Å². The molecule has 5 aromatic rings. The third kappa shape index (κ3) is 7.02. The van der Waals surface area contributed by atoms with Gasteiger partial charge in [-0.1, -0.05) is 24.9 Å². The number of likely N-dealkylation sites (tertiary alicyclic amines) is 1. The maximum atomic E-state index is 9.22. The van der Waals surface area contributed by atoms with Gasteiger partial charge in [-0.15, -0.1) is 11.3 Å². The molecule has 5 nitrogen and oxygen atoms in total. The van der Waals surface area contributed by atoms with Gasteiger partial charge in [0.25, 0.3) is 0 Å². The van der Waals surface area contributed by atoms with E-state index >= 15 is 0 Å². The van der Waals surface area contributed by atoms with Crippen LogP contribution in [0.15, 0.2) is 72.8 Å². The molecule has 1 aliphatic rings. The van der Waals surface area contributed by atoms with Crippen molar-refractivity contribution in [1.82, 2.24) is 14.5 Å². The van der Waals surface area contributed by atoms with Crippen molar-refractivity contribution in [3.8, 4) is 28.8 Å². The molecule has 0 amide bonds. The van der Waals surface area contributed by atoms with Gasteiger partial charge in [0.1, 0.15) is 11.5 Å². The highest BCUT2D eigenvalue weighted by Crippen LogP contribution is 2.38. The predicted octanol–water partition coefficient (Wildman–Crippen LogP) is 9.77. The average molecular weight is 623 g/mol. The number of halogens is 1. The van der Waals surface area contributed by atoms with Gasteiger partial charge >= 0.3 is 0 Å². The van der Waals surface area contributed by atoms with Crippen LogP contribution in [-0.2, 0) is 19.9 Å².